The first-order chi connectivity index (χ1) is 9.03. The van der Waals surface area contributed by atoms with Crippen LogP contribution < -0.4 is 5.73 Å². The minimum atomic E-state index is 0.0438. The summed E-state index contributed by atoms with van der Waals surface area (Å²) in [6.45, 7) is 6.90. The van der Waals surface area contributed by atoms with Gasteiger partial charge in [-0.1, -0.05) is 50.6 Å². The summed E-state index contributed by atoms with van der Waals surface area (Å²) in [7, 11) is 0. The minimum absolute atomic E-state index is 0.0438. The molecule has 2 atom stereocenters. The van der Waals surface area contributed by atoms with E-state index in [9.17, 15) is 0 Å². The summed E-state index contributed by atoms with van der Waals surface area (Å²) in [6.07, 6.45) is 5.10. The van der Waals surface area contributed by atoms with E-state index in [4.69, 9.17) is 5.73 Å². The first-order valence-corrected chi connectivity index (χ1v) is 7.60. The smallest absolute Gasteiger partial charge is 0.0370 e. The Kier molecular flexibility index (Phi) is 3.18. The number of hydrogen-bond acceptors (Lipinski definition) is 2. The summed E-state index contributed by atoms with van der Waals surface area (Å²) in [4.78, 5) is 2.63. The fourth-order valence-electron chi connectivity index (χ4n) is 3.84. The summed E-state index contributed by atoms with van der Waals surface area (Å²) < 4.78 is 0. The molecule has 1 heterocycles. The van der Waals surface area contributed by atoms with Gasteiger partial charge in [0.25, 0.3) is 0 Å². The monoisotopic (exact) mass is 258 g/mol. The Morgan fingerprint density at radius 3 is 2.53 bits per heavy atom. The molecule has 19 heavy (non-hydrogen) atoms. The van der Waals surface area contributed by atoms with Crippen molar-refractivity contribution in [2.75, 3.05) is 6.54 Å². The highest BCUT2D eigenvalue weighted by Crippen LogP contribution is 2.58. The van der Waals surface area contributed by atoms with Crippen LogP contribution in [0.5, 0.6) is 0 Å². The maximum Gasteiger partial charge on any atom is 0.0370 e. The van der Waals surface area contributed by atoms with E-state index in [0.717, 1.165) is 6.54 Å². The lowest BCUT2D eigenvalue weighted by molar-refractivity contribution is 0.0989. The fourth-order valence-corrected chi connectivity index (χ4v) is 3.84. The Hall–Kier alpha value is -0.860. The van der Waals surface area contributed by atoms with E-state index in [-0.39, 0.29) is 5.54 Å². The Balaban J connectivity index is 1.75. The Bertz CT molecular complexity index is 440. The number of likely N-dealkylation sites (tertiary alicyclic amines) is 1. The molecule has 2 nitrogen and oxygen atoms in total. The predicted octanol–water partition coefficient (Wildman–Crippen LogP) is 3.17. The zero-order chi connectivity index (χ0) is 13.5. The topological polar surface area (TPSA) is 29.3 Å². The van der Waals surface area contributed by atoms with E-state index in [0.29, 0.717) is 11.5 Å². The van der Waals surface area contributed by atoms with E-state index in [1.807, 2.05) is 0 Å². The highest BCUT2D eigenvalue weighted by Gasteiger charge is 2.63. The van der Waals surface area contributed by atoms with Crippen LogP contribution in [0.4, 0.5) is 0 Å². The van der Waals surface area contributed by atoms with Gasteiger partial charge < -0.3 is 5.73 Å². The molecule has 2 fully saturated rings. The van der Waals surface area contributed by atoms with Gasteiger partial charge in [0, 0.05) is 18.1 Å². The lowest BCUT2D eigenvalue weighted by atomic mass is 9.89. The molecule has 1 aliphatic carbocycles. The van der Waals surface area contributed by atoms with Crippen LogP contribution in [-0.2, 0) is 6.54 Å². The molecule has 0 bridgehead atoms. The molecule has 1 aromatic carbocycles. The molecule has 1 aromatic rings. The van der Waals surface area contributed by atoms with Crippen LogP contribution in [0.1, 0.15) is 45.1 Å². The average Bonchev–Trinajstić information content (AvgIpc) is 2.91. The Morgan fingerprint density at radius 1 is 1.21 bits per heavy atom. The van der Waals surface area contributed by atoms with Crippen LogP contribution >= 0.6 is 0 Å². The maximum atomic E-state index is 6.70. The van der Waals surface area contributed by atoms with Crippen molar-refractivity contribution in [3.63, 3.8) is 0 Å². The lowest BCUT2D eigenvalue weighted by Crippen LogP contribution is -2.54. The van der Waals surface area contributed by atoms with E-state index in [2.05, 4.69) is 49.1 Å². The molecular formula is C17H26N2. The van der Waals surface area contributed by atoms with Crippen LogP contribution in [0, 0.1) is 5.41 Å². The maximum absolute atomic E-state index is 6.70. The minimum Gasteiger partial charge on any atom is -0.323 e. The third kappa shape index (κ3) is 2.32. The van der Waals surface area contributed by atoms with Gasteiger partial charge in [0.1, 0.15) is 0 Å². The summed E-state index contributed by atoms with van der Waals surface area (Å²) in [6, 6.07) is 11.4. The standard InChI is InChI=1S/C17H26N2/c1-16(2)13-17(16,18)15-10-6-7-11-19(15)12-14-8-4-3-5-9-14/h3-5,8-9,15H,6-7,10-13,18H2,1-2H3. The second-order valence-corrected chi connectivity index (χ2v) is 7.07. The van der Waals surface area contributed by atoms with Gasteiger partial charge in [-0.2, -0.15) is 0 Å². The highest BCUT2D eigenvalue weighted by molar-refractivity contribution is 5.22. The molecule has 2 N–H and O–H groups in total. The summed E-state index contributed by atoms with van der Waals surface area (Å²) >= 11 is 0. The fraction of sp³-hybridized carbons (Fsp3) is 0.647. The normalized spacial score (nSPS) is 34.2. The van der Waals surface area contributed by atoms with Crippen molar-refractivity contribution >= 4 is 0 Å². The molecule has 3 rings (SSSR count). The molecule has 2 heteroatoms. The number of hydrogen-bond donors (Lipinski definition) is 1. The van der Waals surface area contributed by atoms with Gasteiger partial charge in [-0.15, -0.1) is 0 Å². The second kappa shape index (κ2) is 4.60. The zero-order valence-electron chi connectivity index (χ0n) is 12.2. The van der Waals surface area contributed by atoms with Crippen LogP contribution in [0.3, 0.4) is 0 Å². The molecule has 0 radical (unpaired) electrons. The largest absolute Gasteiger partial charge is 0.323 e. The first kappa shape index (κ1) is 13.1. The second-order valence-electron chi connectivity index (χ2n) is 7.07. The SMILES string of the molecule is CC1(C)CC1(N)C1CCCCN1Cc1ccccc1. The van der Waals surface area contributed by atoms with Crippen molar-refractivity contribution in [2.24, 2.45) is 11.1 Å². The van der Waals surface area contributed by atoms with Gasteiger partial charge in [-0.05, 0) is 36.8 Å². The molecule has 2 unspecified atom stereocenters. The zero-order valence-corrected chi connectivity index (χ0v) is 12.2. The van der Waals surface area contributed by atoms with Crippen molar-refractivity contribution in [3.05, 3.63) is 35.9 Å². The lowest BCUT2D eigenvalue weighted by Gasteiger charge is -2.41. The number of benzene rings is 1. The molecule has 0 spiro atoms. The van der Waals surface area contributed by atoms with Crippen molar-refractivity contribution in [1.29, 1.82) is 0 Å². The van der Waals surface area contributed by atoms with Gasteiger partial charge in [-0.3, -0.25) is 4.90 Å². The average molecular weight is 258 g/mol. The highest BCUT2D eigenvalue weighted by atomic mass is 15.2. The Morgan fingerprint density at radius 2 is 1.89 bits per heavy atom. The molecular weight excluding hydrogens is 232 g/mol. The van der Waals surface area contributed by atoms with E-state index < -0.39 is 0 Å². The summed E-state index contributed by atoms with van der Waals surface area (Å²) in [5.74, 6) is 0. The first-order valence-electron chi connectivity index (χ1n) is 7.60. The summed E-state index contributed by atoms with van der Waals surface area (Å²) in [5, 5.41) is 0. The number of piperidine rings is 1. The van der Waals surface area contributed by atoms with Crippen molar-refractivity contribution in [2.45, 2.75) is 57.7 Å². The van der Waals surface area contributed by atoms with Crippen LogP contribution in [0.2, 0.25) is 0 Å². The van der Waals surface area contributed by atoms with Gasteiger partial charge in [0.15, 0.2) is 0 Å². The van der Waals surface area contributed by atoms with Crippen molar-refractivity contribution in [1.82, 2.24) is 4.90 Å². The van der Waals surface area contributed by atoms with Crippen LogP contribution in [0.25, 0.3) is 0 Å². The van der Waals surface area contributed by atoms with Crippen molar-refractivity contribution in [3.8, 4) is 0 Å². The Labute approximate surface area is 117 Å². The van der Waals surface area contributed by atoms with Gasteiger partial charge in [-0.25, -0.2) is 0 Å². The molecule has 104 valence electrons. The quantitative estimate of drug-likeness (QED) is 0.902. The van der Waals surface area contributed by atoms with Crippen molar-refractivity contribution < 1.29 is 0 Å². The summed E-state index contributed by atoms with van der Waals surface area (Å²) in [5.41, 5.74) is 8.48. The van der Waals surface area contributed by atoms with Gasteiger partial charge in [0.2, 0.25) is 0 Å². The third-order valence-electron chi connectivity index (χ3n) is 5.31. The van der Waals surface area contributed by atoms with Gasteiger partial charge in [0.05, 0.1) is 0 Å². The van der Waals surface area contributed by atoms with Crippen LogP contribution in [-0.4, -0.2) is 23.0 Å². The molecule has 2 aliphatic rings. The predicted molar refractivity (Wildman–Crippen MR) is 79.8 cm³/mol. The number of nitrogens with zero attached hydrogens (tertiary/aromatic N) is 1. The molecule has 0 aromatic heterocycles. The van der Waals surface area contributed by atoms with E-state index in [1.54, 1.807) is 0 Å². The third-order valence-corrected chi connectivity index (χ3v) is 5.31. The van der Waals surface area contributed by atoms with E-state index >= 15 is 0 Å². The van der Waals surface area contributed by atoms with Crippen LogP contribution in [0.15, 0.2) is 30.3 Å². The molecule has 1 saturated carbocycles. The molecule has 1 aliphatic heterocycles. The number of rotatable bonds is 3. The molecule has 0 amide bonds. The van der Waals surface area contributed by atoms with E-state index in [1.165, 1.54) is 37.8 Å². The van der Waals surface area contributed by atoms with Gasteiger partial charge >= 0.3 is 0 Å². The number of nitrogens with two attached hydrogens (primary N) is 1. The molecule has 1 saturated heterocycles.